The summed E-state index contributed by atoms with van der Waals surface area (Å²) < 4.78 is 3.20. The van der Waals surface area contributed by atoms with Gasteiger partial charge in [0.1, 0.15) is 0 Å². The van der Waals surface area contributed by atoms with Crippen LogP contribution in [0.5, 0.6) is 0 Å². The third kappa shape index (κ3) is 3.90. The van der Waals surface area contributed by atoms with Crippen molar-refractivity contribution >= 4 is 17.3 Å². The van der Waals surface area contributed by atoms with Crippen LogP contribution in [0, 0.1) is 30.9 Å². The van der Waals surface area contributed by atoms with E-state index in [0.29, 0.717) is 17.1 Å². The fourth-order valence-electron chi connectivity index (χ4n) is 3.32. The summed E-state index contributed by atoms with van der Waals surface area (Å²) in [4.78, 5) is 23.4. The van der Waals surface area contributed by atoms with Crippen molar-refractivity contribution < 1.29 is 9.72 Å². The molecule has 2 aromatic heterocycles. The van der Waals surface area contributed by atoms with Crippen molar-refractivity contribution in [2.75, 3.05) is 5.32 Å². The van der Waals surface area contributed by atoms with Crippen LogP contribution in [0.3, 0.4) is 0 Å². The molecule has 4 aromatic rings. The smallest absolute Gasteiger partial charge is 0.278 e. The molecule has 0 unspecified atom stereocenters. The second-order valence-corrected chi connectivity index (χ2v) is 7.06. The Kier molecular flexibility index (Phi) is 5.04. The molecule has 0 aliphatic heterocycles. The van der Waals surface area contributed by atoms with Crippen LogP contribution in [0.15, 0.2) is 54.6 Å². The summed E-state index contributed by atoms with van der Waals surface area (Å²) >= 11 is 0. The average molecular weight is 417 g/mol. The van der Waals surface area contributed by atoms with Crippen LogP contribution in [0.25, 0.3) is 11.4 Å². The Balaban J connectivity index is 1.59. The highest BCUT2D eigenvalue weighted by Gasteiger charge is 2.19. The topological polar surface area (TPSA) is 121 Å². The molecule has 31 heavy (non-hydrogen) atoms. The molecule has 2 heterocycles. The summed E-state index contributed by atoms with van der Waals surface area (Å²) in [7, 11) is 0. The minimum atomic E-state index is -0.487. The third-order valence-corrected chi connectivity index (χ3v) is 4.75. The predicted molar refractivity (Wildman–Crippen MR) is 114 cm³/mol. The van der Waals surface area contributed by atoms with Gasteiger partial charge in [-0.25, -0.2) is 9.36 Å². The first kappa shape index (κ1) is 20.0. The molecule has 0 spiro atoms. The molecular formula is C21H19N7O3. The van der Waals surface area contributed by atoms with Gasteiger partial charge in [-0.1, -0.05) is 17.3 Å². The van der Waals surface area contributed by atoms with Crippen molar-refractivity contribution in [1.82, 2.24) is 24.8 Å². The van der Waals surface area contributed by atoms with E-state index in [0.717, 1.165) is 17.1 Å². The van der Waals surface area contributed by atoms with Gasteiger partial charge in [-0.15, -0.1) is 5.10 Å². The van der Waals surface area contributed by atoms with E-state index in [4.69, 9.17) is 0 Å². The Labute approximate surface area is 177 Å². The summed E-state index contributed by atoms with van der Waals surface area (Å²) in [6.07, 6.45) is 0. The van der Waals surface area contributed by atoms with Gasteiger partial charge in [0, 0.05) is 23.5 Å². The number of hydrogen-bond acceptors (Lipinski definition) is 6. The first-order valence-electron chi connectivity index (χ1n) is 9.45. The molecule has 0 bridgehead atoms. The first-order chi connectivity index (χ1) is 14.8. The number of non-ortho nitro benzene ring substituents is 1. The van der Waals surface area contributed by atoms with Crippen molar-refractivity contribution in [1.29, 1.82) is 0 Å². The van der Waals surface area contributed by atoms with Gasteiger partial charge in [0.2, 0.25) is 0 Å². The van der Waals surface area contributed by atoms with Crippen LogP contribution >= 0.6 is 0 Å². The van der Waals surface area contributed by atoms with Crippen molar-refractivity contribution in [3.63, 3.8) is 0 Å². The molecule has 10 nitrogen and oxygen atoms in total. The zero-order valence-electron chi connectivity index (χ0n) is 17.1. The molecule has 0 atom stereocenters. The summed E-state index contributed by atoms with van der Waals surface area (Å²) in [5, 5.41) is 26.3. The SMILES string of the molecule is Cc1cc(C)n(-c2cccc(NC(=O)c3nnn(-c4cccc([N+](=O)[O-])c4)c3C)c2)n1. The number of nitrogens with one attached hydrogen (secondary N) is 1. The highest BCUT2D eigenvalue weighted by atomic mass is 16.6. The molecule has 1 amide bonds. The maximum absolute atomic E-state index is 12.8. The van der Waals surface area contributed by atoms with Crippen molar-refractivity contribution in [3.8, 4) is 11.4 Å². The maximum atomic E-state index is 12.8. The van der Waals surface area contributed by atoms with E-state index in [2.05, 4.69) is 20.7 Å². The maximum Gasteiger partial charge on any atom is 0.278 e. The number of hydrogen-bond donors (Lipinski definition) is 1. The van der Waals surface area contributed by atoms with Crippen LogP contribution in [0.1, 0.15) is 27.6 Å². The number of carbonyl (C=O) groups is 1. The fraction of sp³-hybridized carbons (Fsp3) is 0.143. The van der Waals surface area contributed by atoms with Gasteiger partial charge in [0.05, 0.1) is 27.7 Å². The number of aromatic nitrogens is 5. The first-order valence-corrected chi connectivity index (χ1v) is 9.45. The van der Waals surface area contributed by atoms with Gasteiger partial charge in [0.15, 0.2) is 5.69 Å². The van der Waals surface area contributed by atoms with E-state index < -0.39 is 10.8 Å². The minimum absolute atomic E-state index is 0.0700. The zero-order valence-corrected chi connectivity index (χ0v) is 17.1. The molecule has 156 valence electrons. The molecule has 0 saturated heterocycles. The van der Waals surface area contributed by atoms with Crippen LogP contribution in [-0.2, 0) is 0 Å². The quantitative estimate of drug-likeness (QED) is 0.392. The van der Waals surface area contributed by atoms with Gasteiger partial charge in [0.25, 0.3) is 11.6 Å². The Morgan fingerprint density at radius 1 is 1.00 bits per heavy atom. The van der Waals surface area contributed by atoms with Gasteiger partial charge < -0.3 is 5.32 Å². The van der Waals surface area contributed by atoms with E-state index >= 15 is 0 Å². The standard InChI is InChI=1S/C21H19N7O3/c1-13-10-14(2)26(24-13)17-7-4-6-16(11-17)22-21(29)20-15(3)27(25-23-20)18-8-5-9-19(12-18)28(30)31/h4-12H,1-3H3,(H,22,29). The molecular weight excluding hydrogens is 398 g/mol. The number of nitro groups is 1. The molecule has 0 fully saturated rings. The van der Waals surface area contributed by atoms with Crippen LogP contribution < -0.4 is 5.32 Å². The second-order valence-electron chi connectivity index (χ2n) is 7.06. The Morgan fingerprint density at radius 3 is 2.39 bits per heavy atom. The van der Waals surface area contributed by atoms with Gasteiger partial charge >= 0.3 is 0 Å². The lowest BCUT2D eigenvalue weighted by Gasteiger charge is -2.08. The molecule has 0 aliphatic carbocycles. The highest BCUT2D eigenvalue weighted by Crippen LogP contribution is 2.20. The van der Waals surface area contributed by atoms with Crippen molar-refractivity contribution in [2.45, 2.75) is 20.8 Å². The van der Waals surface area contributed by atoms with E-state index in [1.807, 2.05) is 38.1 Å². The normalized spacial score (nSPS) is 10.8. The molecule has 0 aliphatic rings. The van der Waals surface area contributed by atoms with Gasteiger partial charge in [-0.3, -0.25) is 14.9 Å². The van der Waals surface area contributed by atoms with E-state index in [1.165, 1.54) is 16.8 Å². The van der Waals surface area contributed by atoms with E-state index in [9.17, 15) is 14.9 Å². The highest BCUT2D eigenvalue weighted by molar-refractivity contribution is 6.03. The monoisotopic (exact) mass is 417 g/mol. The lowest BCUT2D eigenvalue weighted by molar-refractivity contribution is -0.384. The number of benzene rings is 2. The largest absolute Gasteiger partial charge is 0.320 e. The molecule has 4 rings (SSSR count). The van der Waals surface area contributed by atoms with Crippen LogP contribution in [-0.4, -0.2) is 35.6 Å². The van der Waals surface area contributed by atoms with Crippen molar-refractivity contribution in [2.24, 2.45) is 0 Å². The summed E-state index contributed by atoms with van der Waals surface area (Å²) in [5.74, 6) is -0.431. The van der Waals surface area contributed by atoms with Crippen molar-refractivity contribution in [3.05, 3.63) is 87.5 Å². The van der Waals surface area contributed by atoms with Gasteiger partial charge in [-0.05, 0) is 51.1 Å². The number of anilines is 1. The number of nitrogens with zero attached hydrogens (tertiary/aromatic N) is 6. The number of carbonyl (C=O) groups excluding carboxylic acids is 1. The summed E-state index contributed by atoms with van der Waals surface area (Å²) in [6, 6.07) is 15.3. The summed E-state index contributed by atoms with van der Waals surface area (Å²) in [5.41, 5.74) is 4.26. The zero-order chi connectivity index (χ0) is 22.1. The molecule has 10 heteroatoms. The number of aryl methyl sites for hydroxylation is 2. The Hall–Kier alpha value is -4.34. The average Bonchev–Trinajstić information content (AvgIpc) is 3.29. The molecule has 1 N–H and O–H groups in total. The Bertz CT molecular complexity index is 1310. The number of amides is 1. The van der Waals surface area contributed by atoms with Gasteiger partial charge in [-0.2, -0.15) is 5.10 Å². The third-order valence-electron chi connectivity index (χ3n) is 4.75. The number of nitro benzene ring substituents is 1. The molecule has 0 saturated carbocycles. The predicted octanol–water partition coefficient (Wildman–Crippen LogP) is 3.54. The number of rotatable bonds is 5. The molecule has 2 aromatic carbocycles. The second kappa shape index (κ2) is 7.82. The van der Waals surface area contributed by atoms with Crippen LogP contribution in [0.2, 0.25) is 0 Å². The fourth-order valence-corrected chi connectivity index (χ4v) is 3.32. The van der Waals surface area contributed by atoms with E-state index in [1.54, 1.807) is 29.8 Å². The van der Waals surface area contributed by atoms with Crippen LogP contribution in [0.4, 0.5) is 11.4 Å². The lowest BCUT2D eigenvalue weighted by atomic mass is 10.2. The Morgan fingerprint density at radius 2 is 1.71 bits per heavy atom. The lowest BCUT2D eigenvalue weighted by Crippen LogP contribution is -2.14. The molecule has 0 radical (unpaired) electrons. The summed E-state index contributed by atoms with van der Waals surface area (Å²) in [6.45, 7) is 5.56. The minimum Gasteiger partial charge on any atom is -0.320 e. The van der Waals surface area contributed by atoms with E-state index in [-0.39, 0.29) is 11.4 Å².